The van der Waals surface area contributed by atoms with Crippen molar-refractivity contribution in [2.45, 2.75) is 63.1 Å². The fourth-order valence-electron chi connectivity index (χ4n) is 4.87. The van der Waals surface area contributed by atoms with E-state index in [0.717, 1.165) is 79.4 Å². The molecule has 2 aromatic heterocycles. The van der Waals surface area contributed by atoms with Crippen LogP contribution in [0.1, 0.15) is 56.5 Å². The zero-order valence-electron chi connectivity index (χ0n) is 25.0. The molecule has 0 atom stereocenters. The lowest BCUT2D eigenvalue weighted by Gasteiger charge is -2.13. The third kappa shape index (κ3) is 9.53. The number of aryl methyl sites for hydroxylation is 1. The Morgan fingerprint density at radius 1 is 0.977 bits per heavy atom. The molecular formula is C31H39Cl2N7O2S. The number of nitrogens with one attached hydrogen (secondary N) is 1. The summed E-state index contributed by atoms with van der Waals surface area (Å²) in [6.07, 6.45) is 7.00. The zero-order chi connectivity index (χ0) is 30.8. The highest BCUT2D eigenvalue weighted by molar-refractivity contribution is 7.99. The first-order chi connectivity index (χ1) is 20.7. The number of amides is 1. The highest BCUT2D eigenvalue weighted by atomic mass is 35.5. The van der Waals surface area contributed by atoms with E-state index >= 15 is 0 Å². The number of fused-ring (bicyclic) bond motifs is 1. The Morgan fingerprint density at radius 3 is 2.49 bits per heavy atom. The standard InChI is InChI=1S/C31H39Cl2N7O2S/c1-38(2)17-11-18-40-28(21-27-23-12-8-9-13-24(23)30(42)39(3)37-27)35-36-31(40)43-19-10-6-4-5-7-14-29(41)34-26-16-15-22(32)20-25(26)33/h8-9,12-13,15-16,20H,4-7,10-11,14,17-19,21H2,1-3H3,(H,34,41). The highest BCUT2D eigenvalue weighted by Gasteiger charge is 2.17. The first-order valence-electron chi connectivity index (χ1n) is 14.6. The molecule has 9 nitrogen and oxygen atoms in total. The van der Waals surface area contributed by atoms with E-state index in [1.165, 1.54) is 4.68 Å². The number of hydrogen-bond acceptors (Lipinski definition) is 7. The van der Waals surface area contributed by atoms with Crippen LogP contribution in [0.2, 0.25) is 10.0 Å². The molecule has 12 heteroatoms. The minimum atomic E-state index is -0.103. The van der Waals surface area contributed by atoms with Crippen LogP contribution in [0.5, 0.6) is 0 Å². The van der Waals surface area contributed by atoms with Crippen molar-refractivity contribution in [1.82, 2.24) is 29.4 Å². The second kappa shape index (κ2) is 16.2. The molecule has 0 aliphatic carbocycles. The lowest BCUT2D eigenvalue weighted by Crippen LogP contribution is -2.22. The minimum absolute atomic E-state index is 0.0369. The molecule has 0 spiro atoms. The Morgan fingerprint density at radius 2 is 1.72 bits per heavy atom. The molecule has 0 saturated heterocycles. The monoisotopic (exact) mass is 643 g/mol. The number of thioether (sulfide) groups is 1. The number of benzene rings is 2. The van der Waals surface area contributed by atoms with Crippen LogP contribution in [0.3, 0.4) is 0 Å². The van der Waals surface area contributed by atoms with Crippen LogP contribution < -0.4 is 10.9 Å². The predicted octanol–water partition coefficient (Wildman–Crippen LogP) is 6.45. The van der Waals surface area contributed by atoms with Gasteiger partial charge in [0.2, 0.25) is 5.91 Å². The lowest BCUT2D eigenvalue weighted by atomic mass is 10.1. The smallest absolute Gasteiger partial charge is 0.274 e. The highest BCUT2D eigenvalue weighted by Crippen LogP contribution is 2.26. The van der Waals surface area contributed by atoms with Gasteiger partial charge in [0.25, 0.3) is 5.56 Å². The van der Waals surface area contributed by atoms with Crippen LogP contribution in [-0.4, -0.2) is 61.7 Å². The summed E-state index contributed by atoms with van der Waals surface area (Å²) in [5, 5.41) is 20.0. The van der Waals surface area contributed by atoms with E-state index in [1.54, 1.807) is 37.0 Å². The summed E-state index contributed by atoms with van der Waals surface area (Å²) in [7, 11) is 5.84. The van der Waals surface area contributed by atoms with Crippen molar-refractivity contribution in [1.29, 1.82) is 0 Å². The van der Waals surface area contributed by atoms with Crippen LogP contribution in [0, 0.1) is 0 Å². The van der Waals surface area contributed by atoms with E-state index in [-0.39, 0.29) is 11.5 Å². The number of halogens is 2. The second-order valence-corrected chi connectivity index (χ2v) is 12.7. The number of unbranched alkanes of at least 4 members (excludes halogenated alkanes) is 4. The van der Waals surface area contributed by atoms with Gasteiger partial charge in [-0.25, -0.2) is 4.68 Å². The van der Waals surface area contributed by atoms with Crippen molar-refractivity contribution in [2.75, 3.05) is 31.7 Å². The Bertz CT molecular complexity index is 1590. The normalized spacial score (nSPS) is 11.5. The number of carbonyl (C=O) groups excluding carboxylic acids is 1. The van der Waals surface area contributed by atoms with E-state index in [9.17, 15) is 9.59 Å². The SMILES string of the molecule is CN(C)CCCn1c(Cc2nn(C)c(=O)c3ccccc23)nnc1SCCCCCCCC(=O)Nc1ccc(Cl)cc1Cl. The molecule has 0 bridgehead atoms. The third-order valence-corrected chi connectivity index (χ3v) is 8.72. The minimum Gasteiger partial charge on any atom is -0.325 e. The summed E-state index contributed by atoms with van der Waals surface area (Å²) in [6, 6.07) is 12.7. The molecule has 1 amide bonds. The van der Waals surface area contributed by atoms with Gasteiger partial charge in [0.05, 0.1) is 28.2 Å². The lowest BCUT2D eigenvalue weighted by molar-refractivity contribution is -0.116. The first-order valence-corrected chi connectivity index (χ1v) is 16.4. The Labute approximate surface area is 267 Å². The Hall–Kier alpha value is -2.92. The summed E-state index contributed by atoms with van der Waals surface area (Å²) < 4.78 is 3.61. The topological polar surface area (TPSA) is 97.9 Å². The number of carbonyl (C=O) groups is 1. The average molecular weight is 645 g/mol. The molecule has 0 radical (unpaired) electrons. The second-order valence-electron chi connectivity index (χ2n) is 10.8. The summed E-state index contributed by atoms with van der Waals surface area (Å²) in [6.45, 7) is 1.78. The maximum Gasteiger partial charge on any atom is 0.274 e. The quantitative estimate of drug-likeness (QED) is 0.111. The molecule has 2 aromatic carbocycles. The number of rotatable bonds is 16. The van der Waals surface area contributed by atoms with Gasteiger partial charge in [-0.3, -0.25) is 9.59 Å². The molecule has 0 aliphatic heterocycles. The van der Waals surface area contributed by atoms with Crippen LogP contribution in [-0.2, 0) is 24.8 Å². The van der Waals surface area contributed by atoms with Gasteiger partial charge in [-0.1, -0.05) is 72.4 Å². The molecule has 1 N–H and O–H groups in total. The van der Waals surface area contributed by atoms with Gasteiger partial charge in [-0.05, 0) is 64.2 Å². The van der Waals surface area contributed by atoms with Crippen LogP contribution >= 0.6 is 35.0 Å². The fourth-order valence-corrected chi connectivity index (χ4v) is 6.31. The fraction of sp³-hybridized carbons (Fsp3) is 0.452. The molecule has 0 fully saturated rings. The van der Waals surface area contributed by atoms with Crippen molar-refractivity contribution < 1.29 is 4.79 Å². The van der Waals surface area contributed by atoms with Gasteiger partial charge in [-0.2, -0.15) is 5.10 Å². The van der Waals surface area contributed by atoms with Crippen molar-refractivity contribution in [2.24, 2.45) is 7.05 Å². The van der Waals surface area contributed by atoms with Crippen LogP contribution in [0.25, 0.3) is 10.8 Å². The van der Waals surface area contributed by atoms with Gasteiger partial charge in [0, 0.05) is 36.2 Å². The maximum atomic E-state index is 12.6. The van der Waals surface area contributed by atoms with Crippen LogP contribution in [0.4, 0.5) is 5.69 Å². The van der Waals surface area contributed by atoms with Crippen LogP contribution in [0.15, 0.2) is 52.4 Å². The van der Waals surface area contributed by atoms with E-state index < -0.39 is 0 Å². The van der Waals surface area contributed by atoms with Gasteiger partial charge < -0.3 is 14.8 Å². The molecule has 230 valence electrons. The molecule has 4 rings (SSSR count). The molecule has 4 aromatic rings. The Balaban J connectivity index is 1.27. The number of nitrogens with zero attached hydrogens (tertiary/aromatic N) is 6. The number of anilines is 1. The molecule has 0 aliphatic rings. The third-order valence-electron chi connectivity index (χ3n) is 7.12. The molecule has 43 heavy (non-hydrogen) atoms. The van der Waals surface area contributed by atoms with E-state index in [1.807, 2.05) is 24.3 Å². The number of aromatic nitrogens is 5. The average Bonchev–Trinajstić information content (AvgIpc) is 3.35. The zero-order valence-corrected chi connectivity index (χ0v) is 27.3. The predicted molar refractivity (Wildman–Crippen MR) is 177 cm³/mol. The van der Waals surface area contributed by atoms with Crippen molar-refractivity contribution in [3.8, 4) is 0 Å². The van der Waals surface area contributed by atoms with Gasteiger partial charge in [0.1, 0.15) is 5.82 Å². The van der Waals surface area contributed by atoms with Crippen molar-refractivity contribution in [3.05, 3.63) is 74.4 Å². The summed E-state index contributed by atoms with van der Waals surface area (Å²) >= 11 is 13.8. The van der Waals surface area contributed by atoms with E-state index in [0.29, 0.717) is 34.0 Å². The molecule has 0 saturated carbocycles. The Kier molecular flexibility index (Phi) is 12.5. The summed E-state index contributed by atoms with van der Waals surface area (Å²) in [4.78, 5) is 27.0. The summed E-state index contributed by atoms with van der Waals surface area (Å²) in [5.74, 6) is 1.77. The maximum absolute atomic E-state index is 12.6. The van der Waals surface area contributed by atoms with Gasteiger partial charge >= 0.3 is 0 Å². The molecule has 2 heterocycles. The van der Waals surface area contributed by atoms with Crippen molar-refractivity contribution >= 4 is 57.3 Å². The molecular weight excluding hydrogens is 605 g/mol. The van der Waals surface area contributed by atoms with E-state index in [4.69, 9.17) is 23.2 Å². The van der Waals surface area contributed by atoms with E-state index in [2.05, 4.69) is 44.2 Å². The molecule has 0 unspecified atom stereocenters. The first kappa shape index (κ1) is 33.0. The summed E-state index contributed by atoms with van der Waals surface area (Å²) in [5.41, 5.74) is 1.31. The van der Waals surface area contributed by atoms with Gasteiger partial charge in [0.15, 0.2) is 5.16 Å². The largest absolute Gasteiger partial charge is 0.325 e. The van der Waals surface area contributed by atoms with Crippen molar-refractivity contribution in [3.63, 3.8) is 0 Å². The number of hydrogen-bond donors (Lipinski definition) is 1. The van der Waals surface area contributed by atoms with Gasteiger partial charge in [-0.15, -0.1) is 10.2 Å².